The van der Waals surface area contributed by atoms with Crippen molar-refractivity contribution < 1.29 is 0 Å². The van der Waals surface area contributed by atoms with Gasteiger partial charge in [0.05, 0.1) is 29.3 Å². The number of nitrogens with two attached hydrogens (primary N) is 1. The van der Waals surface area contributed by atoms with Crippen molar-refractivity contribution in [2.75, 3.05) is 20.1 Å². The molecule has 0 unspecified atom stereocenters. The monoisotopic (exact) mass is 431 g/mol. The predicted molar refractivity (Wildman–Crippen MR) is 127 cm³/mol. The largest absolute Gasteiger partial charge is 0.370 e. The van der Waals surface area contributed by atoms with E-state index in [0.29, 0.717) is 12.0 Å². The number of rotatable bonds is 5. The summed E-state index contributed by atoms with van der Waals surface area (Å²) in [5.41, 5.74) is 10.6. The van der Waals surface area contributed by atoms with E-state index in [9.17, 15) is 0 Å². The number of aryl methyl sites for hydroxylation is 1. The molecule has 168 valence electrons. The molecule has 1 aliphatic carbocycles. The van der Waals surface area contributed by atoms with E-state index in [1.54, 1.807) is 0 Å². The van der Waals surface area contributed by atoms with Crippen LogP contribution in [0.3, 0.4) is 0 Å². The molecule has 1 fully saturated rings. The maximum absolute atomic E-state index is 7.84. The Hall–Kier alpha value is -2.93. The second kappa shape index (κ2) is 8.90. The van der Waals surface area contributed by atoms with Gasteiger partial charge in [-0.2, -0.15) is 0 Å². The first-order valence-corrected chi connectivity index (χ1v) is 11.8. The molecule has 7 heteroatoms. The lowest BCUT2D eigenvalue weighted by molar-refractivity contribution is 0.196. The van der Waals surface area contributed by atoms with Gasteiger partial charge in [0.15, 0.2) is 5.96 Å². The van der Waals surface area contributed by atoms with E-state index in [4.69, 9.17) is 21.1 Å². The summed E-state index contributed by atoms with van der Waals surface area (Å²) in [5, 5.41) is 7.84. The van der Waals surface area contributed by atoms with Crippen LogP contribution < -0.4 is 5.73 Å². The van der Waals surface area contributed by atoms with Crippen LogP contribution >= 0.6 is 0 Å². The van der Waals surface area contributed by atoms with E-state index in [2.05, 4.69) is 52.9 Å². The third kappa shape index (κ3) is 4.09. The van der Waals surface area contributed by atoms with Crippen LogP contribution in [0.5, 0.6) is 0 Å². The fraction of sp³-hybridized carbons (Fsp3) is 0.480. The fourth-order valence-corrected chi connectivity index (χ4v) is 5.49. The highest BCUT2D eigenvalue weighted by Gasteiger charge is 2.27. The summed E-state index contributed by atoms with van der Waals surface area (Å²) in [4.78, 5) is 14.2. The number of guanidine groups is 1. The standard InChI is InChI=1S/C25H33N7/c1-30(22-12-4-8-19-9-5-13-28-24(19)22)17-23-29-20-10-2-3-11-21(20)32(23)16-18-7-6-14-31(15-18)25(26)27/h2-3,5,9-11,13,18,22H,4,6-8,12,14-17H2,1H3,(H3,26,27)/t18-,22+/m1/s1. The van der Waals surface area contributed by atoms with Gasteiger partial charge in [-0.3, -0.25) is 15.3 Å². The van der Waals surface area contributed by atoms with E-state index in [-0.39, 0.29) is 5.96 Å². The molecule has 0 bridgehead atoms. The van der Waals surface area contributed by atoms with Crippen molar-refractivity contribution in [2.45, 2.75) is 51.2 Å². The van der Waals surface area contributed by atoms with Crippen LogP contribution in [0.2, 0.25) is 0 Å². The minimum atomic E-state index is 0.189. The number of nitrogens with one attached hydrogen (secondary N) is 1. The molecule has 7 nitrogen and oxygen atoms in total. The second-order valence-corrected chi connectivity index (χ2v) is 9.34. The van der Waals surface area contributed by atoms with Crippen molar-refractivity contribution in [1.29, 1.82) is 5.41 Å². The number of para-hydroxylation sites is 2. The van der Waals surface area contributed by atoms with Gasteiger partial charge in [0.1, 0.15) is 5.82 Å². The molecule has 1 aliphatic heterocycles. The highest BCUT2D eigenvalue weighted by Crippen LogP contribution is 2.33. The highest BCUT2D eigenvalue weighted by atomic mass is 15.2. The molecule has 2 aromatic heterocycles. The van der Waals surface area contributed by atoms with E-state index in [1.807, 2.05) is 11.1 Å². The summed E-state index contributed by atoms with van der Waals surface area (Å²) in [6, 6.07) is 13.0. The Balaban J connectivity index is 1.41. The average Bonchev–Trinajstić information content (AvgIpc) is 3.15. The number of hydrogen-bond acceptors (Lipinski definition) is 4. The van der Waals surface area contributed by atoms with Gasteiger partial charge in [-0.1, -0.05) is 18.2 Å². The Labute approximate surface area is 189 Å². The molecule has 1 saturated heterocycles. The summed E-state index contributed by atoms with van der Waals surface area (Å²) < 4.78 is 2.41. The Morgan fingerprint density at radius 2 is 2.06 bits per heavy atom. The smallest absolute Gasteiger partial charge is 0.188 e. The minimum Gasteiger partial charge on any atom is -0.370 e. The molecule has 1 aromatic carbocycles. The van der Waals surface area contributed by atoms with Crippen LogP contribution in [0.25, 0.3) is 11.0 Å². The molecule has 5 rings (SSSR count). The molecule has 0 spiro atoms. The number of nitrogens with zero attached hydrogens (tertiary/aromatic N) is 5. The Morgan fingerprint density at radius 3 is 2.94 bits per heavy atom. The highest BCUT2D eigenvalue weighted by molar-refractivity contribution is 5.76. The van der Waals surface area contributed by atoms with Crippen LogP contribution in [0.4, 0.5) is 0 Å². The Kier molecular flexibility index (Phi) is 5.83. The van der Waals surface area contributed by atoms with Crippen molar-refractivity contribution >= 4 is 17.0 Å². The molecule has 3 aromatic rings. The van der Waals surface area contributed by atoms with Crippen molar-refractivity contribution in [3.63, 3.8) is 0 Å². The zero-order valence-corrected chi connectivity index (χ0v) is 18.9. The summed E-state index contributed by atoms with van der Waals surface area (Å²) in [7, 11) is 2.20. The Morgan fingerprint density at radius 1 is 1.19 bits per heavy atom. The van der Waals surface area contributed by atoms with Gasteiger partial charge in [0.2, 0.25) is 0 Å². The molecular weight excluding hydrogens is 398 g/mol. The lowest BCUT2D eigenvalue weighted by Crippen LogP contribution is -2.44. The molecule has 2 aliphatic rings. The number of piperidine rings is 1. The number of benzene rings is 1. The van der Waals surface area contributed by atoms with E-state index in [0.717, 1.165) is 63.2 Å². The van der Waals surface area contributed by atoms with Gasteiger partial charge in [0.25, 0.3) is 0 Å². The minimum absolute atomic E-state index is 0.189. The zero-order valence-electron chi connectivity index (χ0n) is 18.9. The summed E-state index contributed by atoms with van der Waals surface area (Å²) in [6.45, 7) is 3.43. The number of pyridine rings is 1. The van der Waals surface area contributed by atoms with Crippen LogP contribution in [0.15, 0.2) is 42.6 Å². The van der Waals surface area contributed by atoms with Crippen LogP contribution in [-0.2, 0) is 19.5 Å². The number of hydrogen-bond donors (Lipinski definition) is 2. The maximum Gasteiger partial charge on any atom is 0.188 e. The molecule has 3 heterocycles. The summed E-state index contributed by atoms with van der Waals surface area (Å²) >= 11 is 0. The van der Waals surface area contributed by atoms with Crippen molar-refractivity contribution in [1.82, 2.24) is 24.3 Å². The molecule has 32 heavy (non-hydrogen) atoms. The molecule has 3 N–H and O–H groups in total. The van der Waals surface area contributed by atoms with E-state index in [1.165, 1.54) is 23.2 Å². The fourth-order valence-electron chi connectivity index (χ4n) is 5.49. The van der Waals surface area contributed by atoms with Gasteiger partial charge < -0.3 is 15.2 Å². The van der Waals surface area contributed by atoms with Crippen LogP contribution in [-0.4, -0.2) is 50.4 Å². The first-order chi connectivity index (χ1) is 15.6. The normalized spacial score (nSPS) is 21.1. The van der Waals surface area contributed by atoms with Crippen molar-refractivity contribution in [2.24, 2.45) is 11.7 Å². The predicted octanol–water partition coefficient (Wildman–Crippen LogP) is 3.55. The van der Waals surface area contributed by atoms with E-state index < -0.39 is 0 Å². The SMILES string of the molecule is CN(Cc1nc2ccccc2n1C[C@@H]1CCCN(C(=N)N)C1)[C@H]1CCCc2cccnc21. The lowest BCUT2D eigenvalue weighted by atomic mass is 9.91. The quantitative estimate of drug-likeness (QED) is 0.477. The summed E-state index contributed by atoms with van der Waals surface area (Å²) in [6.07, 6.45) is 7.62. The molecular formula is C25H33N7. The van der Waals surface area contributed by atoms with Crippen LogP contribution in [0.1, 0.15) is 48.8 Å². The van der Waals surface area contributed by atoms with Gasteiger partial charge in [0, 0.05) is 25.8 Å². The molecule has 0 radical (unpaired) electrons. The first-order valence-electron chi connectivity index (χ1n) is 11.8. The topological polar surface area (TPSA) is 87.1 Å². The zero-order chi connectivity index (χ0) is 22.1. The number of imidazole rings is 1. The Bertz CT molecular complexity index is 1100. The lowest BCUT2D eigenvalue weighted by Gasteiger charge is -2.34. The van der Waals surface area contributed by atoms with Gasteiger partial charge in [-0.15, -0.1) is 0 Å². The second-order valence-electron chi connectivity index (χ2n) is 9.34. The average molecular weight is 432 g/mol. The third-order valence-corrected chi connectivity index (χ3v) is 7.12. The van der Waals surface area contributed by atoms with Gasteiger partial charge in [-0.05, 0) is 68.8 Å². The molecule has 0 saturated carbocycles. The maximum atomic E-state index is 7.84. The van der Waals surface area contributed by atoms with Crippen LogP contribution in [0, 0.1) is 11.3 Å². The van der Waals surface area contributed by atoms with E-state index >= 15 is 0 Å². The summed E-state index contributed by atoms with van der Waals surface area (Å²) in [5.74, 6) is 1.76. The van der Waals surface area contributed by atoms with Gasteiger partial charge in [-0.25, -0.2) is 4.98 Å². The molecule has 0 amide bonds. The first kappa shape index (κ1) is 20.9. The molecule has 2 atom stereocenters. The van der Waals surface area contributed by atoms with Gasteiger partial charge >= 0.3 is 0 Å². The number of likely N-dealkylation sites (tertiary alicyclic amines) is 1. The number of aromatic nitrogens is 3. The third-order valence-electron chi connectivity index (χ3n) is 7.12. The van der Waals surface area contributed by atoms with Crippen molar-refractivity contribution in [3.05, 3.63) is 59.7 Å². The van der Waals surface area contributed by atoms with Crippen molar-refractivity contribution in [3.8, 4) is 0 Å². The number of fused-ring (bicyclic) bond motifs is 2.